The average Bonchev–Trinajstić information content (AvgIpc) is 3.04. The van der Waals surface area contributed by atoms with E-state index in [9.17, 15) is 18.0 Å². The molecular weight excluding hydrogens is 333 g/mol. The Labute approximate surface area is 143 Å². The molecule has 0 bridgehead atoms. The molecule has 1 unspecified atom stereocenters. The number of benzene rings is 1. The Balaban J connectivity index is 1.70. The lowest BCUT2D eigenvalue weighted by atomic mass is 10.1. The molecule has 1 aliphatic rings. The number of nitrogens with zero attached hydrogens (tertiary/aromatic N) is 2. The Morgan fingerprint density at radius 2 is 2.00 bits per heavy atom. The van der Waals surface area contributed by atoms with Crippen molar-refractivity contribution < 1.29 is 22.7 Å². The lowest BCUT2D eigenvalue weighted by Gasteiger charge is -2.19. The fourth-order valence-electron chi connectivity index (χ4n) is 2.79. The maximum atomic E-state index is 13.1. The van der Waals surface area contributed by atoms with E-state index in [0.29, 0.717) is 18.8 Å². The molecule has 132 valence electrons. The van der Waals surface area contributed by atoms with E-state index in [4.69, 9.17) is 4.74 Å². The minimum Gasteiger partial charge on any atom is -0.472 e. The van der Waals surface area contributed by atoms with Crippen molar-refractivity contribution in [2.45, 2.75) is 25.6 Å². The van der Waals surface area contributed by atoms with E-state index >= 15 is 0 Å². The summed E-state index contributed by atoms with van der Waals surface area (Å²) in [6.45, 7) is 2.49. The van der Waals surface area contributed by atoms with E-state index in [0.717, 1.165) is 11.6 Å². The zero-order chi connectivity index (χ0) is 18.0. The number of aromatic nitrogens is 1. The first-order valence-corrected chi connectivity index (χ1v) is 7.89. The molecule has 0 radical (unpaired) electrons. The highest BCUT2D eigenvalue weighted by Gasteiger charge is 2.37. The zero-order valence-electron chi connectivity index (χ0n) is 13.6. The van der Waals surface area contributed by atoms with Gasteiger partial charge in [-0.05, 0) is 24.6 Å². The minimum absolute atomic E-state index is 0.237. The van der Waals surface area contributed by atoms with Crippen LogP contribution in [0.2, 0.25) is 0 Å². The monoisotopic (exact) mass is 350 g/mol. The van der Waals surface area contributed by atoms with Crippen LogP contribution >= 0.6 is 0 Å². The van der Waals surface area contributed by atoms with Gasteiger partial charge >= 0.3 is 6.18 Å². The molecule has 1 aliphatic heterocycles. The smallest absolute Gasteiger partial charge is 0.417 e. The molecule has 7 heteroatoms. The molecule has 2 heterocycles. The van der Waals surface area contributed by atoms with Gasteiger partial charge in [0.1, 0.15) is 6.10 Å². The summed E-state index contributed by atoms with van der Waals surface area (Å²) in [7, 11) is 0. The van der Waals surface area contributed by atoms with Crippen molar-refractivity contribution in [1.29, 1.82) is 0 Å². The second kappa shape index (κ2) is 6.74. The number of hydrogen-bond donors (Lipinski definition) is 0. The van der Waals surface area contributed by atoms with Crippen LogP contribution in [-0.4, -0.2) is 35.0 Å². The zero-order valence-corrected chi connectivity index (χ0v) is 13.6. The Kier molecular flexibility index (Phi) is 4.65. The Morgan fingerprint density at radius 3 is 2.68 bits per heavy atom. The van der Waals surface area contributed by atoms with Crippen LogP contribution in [0.15, 0.2) is 42.6 Å². The van der Waals surface area contributed by atoms with Crippen LogP contribution in [0.1, 0.15) is 27.9 Å². The highest BCUT2D eigenvalue weighted by Crippen LogP contribution is 2.33. The third-order valence-electron chi connectivity index (χ3n) is 4.07. The van der Waals surface area contributed by atoms with Crippen molar-refractivity contribution in [1.82, 2.24) is 9.88 Å². The predicted molar refractivity (Wildman–Crippen MR) is 85.4 cm³/mol. The standard InChI is InChI=1S/C18H17F3N2O2/c1-12-6-7-16(22-10-12)25-13-8-9-23(11-13)17(24)14-4-2-3-5-15(14)18(19,20)21/h2-7,10,13H,8-9,11H2,1H3. The largest absolute Gasteiger partial charge is 0.472 e. The van der Waals surface area contributed by atoms with Gasteiger partial charge in [-0.2, -0.15) is 13.2 Å². The number of alkyl halides is 3. The molecule has 3 rings (SSSR count). The summed E-state index contributed by atoms with van der Waals surface area (Å²) < 4.78 is 45.0. The molecule has 0 aliphatic carbocycles. The van der Waals surface area contributed by atoms with Gasteiger partial charge in [0.05, 0.1) is 17.7 Å². The van der Waals surface area contributed by atoms with E-state index in [1.165, 1.54) is 23.1 Å². The number of likely N-dealkylation sites (tertiary alicyclic amines) is 1. The summed E-state index contributed by atoms with van der Waals surface area (Å²) in [4.78, 5) is 18.0. The topological polar surface area (TPSA) is 42.4 Å². The number of carbonyl (C=O) groups excluding carboxylic acids is 1. The highest BCUT2D eigenvalue weighted by atomic mass is 19.4. The van der Waals surface area contributed by atoms with E-state index in [-0.39, 0.29) is 18.2 Å². The number of halogens is 3. The van der Waals surface area contributed by atoms with Crippen molar-refractivity contribution in [2.75, 3.05) is 13.1 Å². The molecule has 1 fully saturated rings. The molecule has 1 aromatic heterocycles. The van der Waals surface area contributed by atoms with Crippen LogP contribution in [-0.2, 0) is 6.18 Å². The Hall–Kier alpha value is -2.57. The second-order valence-corrected chi connectivity index (χ2v) is 6.00. The normalized spacial score (nSPS) is 17.6. The molecule has 1 atom stereocenters. The van der Waals surface area contributed by atoms with Gasteiger partial charge in [-0.25, -0.2) is 4.98 Å². The van der Waals surface area contributed by atoms with Crippen LogP contribution < -0.4 is 4.74 Å². The van der Waals surface area contributed by atoms with Crippen molar-refractivity contribution in [3.05, 3.63) is 59.3 Å². The fraction of sp³-hybridized carbons (Fsp3) is 0.333. The van der Waals surface area contributed by atoms with Crippen LogP contribution in [0.4, 0.5) is 13.2 Å². The summed E-state index contributed by atoms with van der Waals surface area (Å²) in [6.07, 6.45) is -2.62. The van der Waals surface area contributed by atoms with Gasteiger partial charge in [0.2, 0.25) is 5.88 Å². The molecule has 1 amide bonds. The quantitative estimate of drug-likeness (QED) is 0.848. The van der Waals surface area contributed by atoms with Gasteiger partial charge in [0.25, 0.3) is 5.91 Å². The number of aryl methyl sites for hydroxylation is 1. The molecule has 2 aromatic rings. The maximum absolute atomic E-state index is 13.1. The number of amides is 1. The number of hydrogen-bond acceptors (Lipinski definition) is 3. The lowest BCUT2D eigenvalue weighted by Crippen LogP contribution is -2.32. The van der Waals surface area contributed by atoms with Crippen molar-refractivity contribution in [2.24, 2.45) is 0 Å². The first kappa shape index (κ1) is 17.3. The number of ether oxygens (including phenoxy) is 1. The molecule has 4 nitrogen and oxygen atoms in total. The van der Waals surface area contributed by atoms with E-state index in [1.807, 2.05) is 13.0 Å². The number of pyridine rings is 1. The van der Waals surface area contributed by atoms with Gasteiger partial charge in [0, 0.05) is 25.2 Å². The summed E-state index contributed by atoms with van der Waals surface area (Å²) in [6, 6.07) is 8.44. The van der Waals surface area contributed by atoms with Crippen LogP contribution in [0, 0.1) is 6.92 Å². The minimum atomic E-state index is -4.56. The van der Waals surface area contributed by atoms with Gasteiger partial charge < -0.3 is 9.64 Å². The molecule has 0 N–H and O–H groups in total. The van der Waals surface area contributed by atoms with Gasteiger partial charge in [-0.15, -0.1) is 0 Å². The van der Waals surface area contributed by atoms with Gasteiger partial charge in [-0.3, -0.25) is 4.79 Å². The van der Waals surface area contributed by atoms with Crippen LogP contribution in [0.25, 0.3) is 0 Å². The van der Waals surface area contributed by atoms with Crippen molar-refractivity contribution >= 4 is 5.91 Å². The molecule has 1 saturated heterocycles. The first-order chi connectivity index (χ1) is 11.8. The van der Waals surface area contributed by atoms with E-state index < -0.39 is 17.6 Å². The summed E-state index contributed by atoms with van der Waals surface area (Å²) >= 11 is 0. The third-order valence-corrected chi connectivity index (χ3v) is 4.07. The predicted octanol–water partition coefficient (Wildman–Crippen LogP) is 3.70. The van der Waals surface area contributed by atoms with Crippen molar-refractivity contribution in [3.63, 3.8) is 0 Å². The Morgan fingerprint density at radius 1 is 1.24 bits per heavy atom. The van der Waals surface area contributed by atoms with E-state index in [1.54, 1.807) is 12.3 Å². The van der Waals surface area contributed by atoms with Gasteiger partial charge in [0.15, 0.2) is 0 Å². The molecule has 0 spiro atoms. The second-order valence-electron chi connectivity index (χ2n) is 6.00. The fourth-order valence-corrected chi connectivity index (χ4v) is 2.79. The lowest BCUT2D eigenvalue weighted by molar-refractivity contribution is -0.138. The van der Waals surface area contributed by atoms with E-state index in [2.05, 4.69) is 4.98 Å². The maximum Gasteiger partial charge on any atom is 0.417 e. The molecular formula is C18H17F3N2O2. The molecule has 25 heavy (non-hydrogen) atoms. The summed E-state index contributed by atoms with van der Waals surface area (Å²) in [5, 5.41) is 0. The van der Waals surface area contributed by atoms with Crippen LogP contribution in [0.3, 0.4) is 0 Å². The average molecular weight is 350 g/mol. The number of carbonyl (C=O) groups is 1. The van der Waals surface area contributed by atoms with Crippen molar-refractivity contribution in [3.8, 4) is 5.88 Å². The summed E-state index contributed by atoms with van der Waals surface area (Å²) in [5.74, 6) is -0.184. The highest BCUT2D eigenvalue weighted by molar-refractivity contribution is 5.96. The molecule has 1 aromatic carbocycles. The first-order valence-electron chi connectivity index (χ1n) is 7.89. The summed E-state index contributed by atoms with van der Waals surface area (Å²) in [5.41, 5.74) is -0.243. The van der Waals surface area contributed by atoms with Crippen LogP contribution in [0.5, 0.6) is 5.88 Å². The number of rotatable bonds is 3. The van der Waals surface area contributed by atoms with Gasteiger partial charge in [-0.1, -0.05) is 18.2 Å². The molecule has 0 saturated carbocycles. The Bertz CT molecular complexity index is 760. The SMILES string of the molecule is Cc1ccc(OC2CCN(C(=O)c3ccccc3C(F)(F)F)C2)nc1. The third kappa shape index (κ3) is 3.92.